The normalized spacial score (nSPS) is 11.1. The molecule has 2 N–H and O–H groups in total. The third-order valence-corrected chi connectivity index (χ3v) is 4.72. The fourth-order valence-electron chi connectivity index (χ4n) is 2.63. The maximum atomic E-state index is 12.6. The summed E-state index contributed by atoms with van der Waals surface area (Å²) in [4.78, 5) is 35.1. The van der Waals surface area contributed by atoms with Crippen molar-refractivity contribution in [1.29, 1.82) is 0 Å². The van der Waals surface area contributed by atoms with Gasteiger partial charge in [0.05, 0.1) is 15.5 Å². The highest BCUT2D eigenvalue weighted by Gasteiger charge is 2.17. The van der Waals surface area contributed by atoms with Crippen molar-refractivity contribution in [2.75, 3.05) is 7.05 Å². The molecule has 8 nitrogen and oxygen atoms in total. The Morgan fingerprint density at radius 2 is 1.77 bits per heavy atom. The highest BCUT2D eigenvalue weighted by atomic mass is 35.5. The van der Waals surface area contributed by atoms with E-state index < -0.39 is 16.7 Å². The molecule has 10 heteroatoms. The molecule has 3 aromatic rings. The summed E-state index contributed by atoms with van der Waals surface area (Å²) >= 11 is 11.9. The van der Waals surface area contributed by atoms with E-state index in [-0.39, 0.29) is 27.7 Å². The Labute approximate surface area is 186 Å². The Hall–Kier alpha value is -3.62. The zero-order valence-corrected chi connectivity index (χ0v) is 17.5. The van der Waals surface area contributed by atoms with Gasteiger partial charge in [0.25, 0.3) is 17.5 Å². The average Bonchev–Trinajstić information content (AvgIpc) is 3.21. The molecule has 0 radical (unpaired) electrons. The van der Waals surface area contributed by atoms with Gasteiger partial charge in [-0.25, -0.2) is 0 Å². The van der Waals surface area contributed by atoms with E-state index in [0.29, 0.717) is 16.3 Å². The number of halogens is 2. The van der Waals surface area contributed by atoms with Crippen LogP contribution in [0.15, 0.2) is 64.7 Å². The number of hydrogen-bond donors (Lipinski definition) is 2. The molecule has 0 saturated heterocycles. The predicted molar refractivity (Wildman–Crippen MR) is 117 cm³/mol. The standard InChI is InChI=1S/C21H15Cl2N3O5/c1-24-21(28)18(25-20(27)16-8-4-13(22)10-17(16)23)11-15-7-9-19(31-15)12-2-5-14(6-3-12)26(29)30/h2-11H,1H3,(H,24,28)(H,25,27). The first-order chi connectivity index (χ1) is 14.8. The molecule has 31 heavy (non-hydrogen) atoms. The SMILES string of the molecule is CNC(=O)C(=Cc1ccc(-c2ccc([N+](=O)[O-])cc2)o1)NC(=O)c1ccc(Cl)cc1Cl. The predicted octanol–water partition coefficient (Wildman–Crippen LogP) is 4.68. The first-order valence-electron chi connectivity index (χ1n) is 8.83. The van der Waals surface area contributed by atoms with Gasteiger partial charge in [-0.3, -0.25) is 19.7 Å². The summed E-state index contributed by atoms with van der Waals surface area (Å²) < 4.78 is 5.70. The van der Waals surface area contributed by atoms with Gasteiger partial charge >= 0.3 is 0 Å². The number of carbonyl (C=O) groups is 2. The van der Waals surface area contributed by atoms with E-state index in [0.717, 1.165) is 0 Å². The molecule has 1 heterocycles. The van der Waals surface area contributed by atoms with E-state index in [2.05, 4.69) is 10.6 Å². The van der Waals surface area contributed by atoms with Crippen molar-refractivity contribution >= 4 is 46.8 Å². The first kappa shape index (κ1) is 22.1. The minimum absolute atomic E-state index is 0.0408. The highest BCUT2D eigenvalue weighted by molar-refractivity contribution is 6.36. The van der Waals surface area contributed by atoms with Gasteiger partial charge in [-0.1, -0.05) is 23.2 Å². The number of non-ortho nitro benzene ring substituents is 1. The lowest BCUT2D eigenvalue weighted by molar-refractivity contribution is -0.384. The number of nitro groups is 1. The van der Waals surface area contributed by atoms with Crippen LogP contribution >= 0.6 is 23.2 Å². The van der Waals surface area contributed by atoms with Crippen LogP contribution in [0.4, 0.5) is 5.69 Å². The summed E-state index contributed by atoms with van der Waals surface area (Å²) in [5.74, 6) is -0.427. The second-order valence-corrected chi connectivity index (χ2v) is 7.07. The van der Waals surface area contributed by atoms with Crippen molar-refractivity contribution in [3.8, 4) is 11.3 Å². The van der Waals surface area contributed by atoms with Crippen molar-refractivity contribution in [3.05, 3.63) is 91.8 Å². The number of hydrogen-bond acceptors (Lipinski definition) is 5. The molecule has 0 aliphatic carbocycles. The molecule has 1 aromatic heterocycles. The fraction of sp³-hybridized carbons (Fsp3) is 0.0476. The van der Waals surface area contributed by atoms with E-state index in [1.807, 2.05) is 0 Å². The third kappa shape index (κ3) is 5.30. The third-order valence-electron chi connectivity index (χ3n) is 4.17. The number of rotatable bonds is 6. The lowest BCUT2D eigenvalue weighted by atomic mass is 10.1. The Morgan fingerprint density at radius 3 is 2.39 bits per heavy atom. The van der Waals surface area contributed by atoms with E-state index >= 15 is 0 Å². The van der Waals surface area contributed by atoms with Crippen LogP contribution in [0.1, 0.15) is 16.1 Å². The van der Waals surface area contributed by atoms with Crippen LogP contribution in [-0.4, -0.2) is 23.8 Å². The van der Waals surface area contributed by atoms with Gasteiger partial charge in [-0.15, -0.1) is 0 Å². The van der Waals surface area contributed by atoms with Gasteiger partial charge in [0.1, 0.15) is 17.2 Å². The van der Waals surface area contributed by atoms with Crippen LogP contribution in [-0.2, 0) is 4.79 Å². The number of amides is 2. The molecule has 0 unspecified atom stereocenters. The Kier molecular flexibility index (Phi) is 6.74. The smallest absolute Gasteiger partial charge is 0.269 e. The Bertz CT molecular complexity index is 1190. The van der Waals surface area contributed by atoms with E-state index in [9.17, 15) is 19.7 Å². The topological polar surface area (TPSA) is 114 Å². The van der Waals surface area contributed by atoms with Crippen LogP contribution in [0.2, 0.25) is 10.0 Å². The highest BCUT2D eigenvalue weighted by Crippen LogP contribution is 2.26. The molecule has 0 saturated carbocycles. The maximum absolute atomic E-state index is 12.6. The number of nitro benzene ring substituents is 1. The summed E-state index contributed by atoms with van der Waals surface area (Å²) in [6.45, 7) is 0. The zero-order chi connectivity index (χ0) is 22.5. The molecule has 0 spiro atoms. The molecule has 2 amide bonds. The van der Waals surface area contributed by atoms with Gasteiger partial charge in [0, 0.05) is 35.8 Å². The van der Waals surface area contributed by atoms with Gasteiger partial charge in [0.2, 0.25) is 0 Å². The van der Waals surface area contributed by atoms with Gasteiger partial charge < -0.3 is 15.1 Å². The molecule has 0 atom stereocenters. The minimum Gasteiger partial charge on any atom is -0.457 e. The average molecular weight is 460 g/mol. The molecule has 158 valence electrons. The van der Waals surface area contributed by atoms with Crippen molar-refractivity contribution in [2.24, 2.45) is 0 Å². The van der Waals surface area contributed by atoms with Crippen LogP contribution < -0.4 is 10.6 Å². The van der Waals surface area contributed by atoms with Crippen LogP contribution in [0.3, 0.4) is 0 Å². The summed E-state index contributed by atoms with van der Waals surface area (Å²) in [5, 5.41) is 16.2. The Balaban J connectivity index is 1.86. The van der Waals surface area contributed by atoms with Gasteiger partial charge in [-0.2, -0.15) is 0 Å². The minimum atomic E-state index is -0.598. The monoisotopic (exact) mass is 459 g/mol. The second kappa shape index (κ2) is 9.46. The fourth-order valence-corrected chi connectivity index (χ4v) is 3.13. The summed E-state index contributed by atoms with van der Waals surface area (Å²) in [6.07, 6.45) is 1.36. The number of likely N-dealkylation sites (N-methyl/N-ethyl adjacent to an activating group) is 1. The molecular weight excluding hydrogens is 445 g/mol. The van der Waals surface area contributed by atoms with Crippen molar-refractivity contribution < 1.29 is 18.9 Å². The molecule has 0 bridgehead atoms. The van der Waals surface area contributed by atoms with Crippen LogP contribution in [0.25, 0.3) is 17.4 Å². The summed E-state index contributed by atoms with van der Waals surface area (Å²) in [5.41, 5.74) is 0.652. The number of nitrogens with one attached hydrogen (secondary N) is 2. The van der Waals surface area contributed by atoms with E-state index in [1.54, 1.807) is 24.3 Å². The van der Waals surface area contributed by atoms with Crippen LogP contribution in [0.5, 0.6) is 0 Å². The van der Waals surface area contributed by atoms with Gasteiger partial charge in [-0.05, 0) is 42.5 Å². The number of carbonyl (C=O) groups excluding carboxylic acids is 2. The van der Waals surface area contributed by atoms with Crippen molar-refractivity contribution in [2.45, 2.75) is 0 Å². The molecule has 0 aliphatic heterocycles. The summed E-state index contributed by atoms with van der Waals surface area (Å²) in [6, 6.07) is 13.4. The van der Waals surface area contributed by atoms with E-state index in [1.165, 1.54) is 43.5 Å². The first-order valence-corrected chi connectivity index (χ1v) is 9.59. The molecule has 0 aliphatic rings. The number of nitrogens with zero attached hydrogens (tertiary/aromatic N) is 1. The molecular formula is C21H15Cl2N3O5. The summed E-state index contributed by atoms with van der Waals surface area (Å²) in [7, 11) is 1.42. The van der Waals surface area contributed by atoms with Crippen LogP contribution in [0, 0.1) is 10.1 Å². The largest absolute Gasteiger partial charge is 0.457 e. The lowest BCUT2D eigenvalue weighted by Gasteiger charge is -2.09. The zero-order valence-electron chi connectivity index (χ0n) is 16.0. The number of benzene rings is 2. The molecule has 3 rings (SSSR count). The molecule has 0 fully saturated rings. The van der Waals surface area contributed by atoms with Crippen molar-refractivity contribution in [3.63, 3.8) is 0 Å². The quantitative estimate of drug-likeness (QED) is 0.315. The molecule has 2 aromatic carbocycles. The second-order valence-electron chi connectivity index (χ2n) is 6.22. The Morgan fingerprint density at radius 1 is 1.06 bits per heavy atom. The lowest BCUT2D eigenvalue weighted by Crippen LogP contribution is -2.33. The maximum Gasteiger partial charge on any atom is 0.269 e. The number of furan rings is 1. The van der Waals surface area contributed by atoms with Crippen molar-refractivity contribution in [1.82, 2.24) is 10.6 Å². The van der Waals surface area contributed by atoms with E-state index in [4.69, 9.17) is 27.6 Å². The van der Waals surface area contributed by atoms with Gasteiger partial charge in [0.15, 0.2) is 0 Å².